The highest BCUT2D eigenvalue weighted by Crippen LogP contribution is 2.33. The average molecular weight is 288 g/mol. The van der Waals surface area contributed by atoms with E-state index >= 15 is 0 Å². The first-order valence-corrected chi connectivity index (χ1v) is 6.96. The second-order valence-corrected chi connectivity index (χ2v) is 5.62. The van der Waals surface area contributed by atoms with Gasteiger partial charge in [0.05, 0.1) is 7.11 Å². The number of ketones is 1. The van der Waals surface area contributed by atoms with Crippen LogP contribution in [-0.4, -0.2) is 25.0 Å². The minimum atomic E-state index is -0.622. The van der Waals surface area contributed by atoms with Crippen molar-refractivity contribution in [3.05, 3.63) is 41.0 Å². The van der Waals surface area contributed by atoms with Gasteiger partial charge < -0.3 is 9.47 Å². The lowest BCUT2D eigenvalue weighted by Gasteiger charge is -2.12. The summed E-state index contributed by atoms with van der Waals surface area (Å²) >= 11 is 0. The molecule has 1 aromatic rings. The van der Waals surface area contributed by atoms with E-state index in [0.29, 0.717) is 23.3 Å². The van der Waals surface area contributed by atoms with Crippen molar-refractivity contribution in [2.45, 2.75) is 33.3 Å². The number of carbonyl (C=O) groups excluding carboxylic acids is 2. The van der Waals surface area contributed by atoms with Crippen molar-refractivity contribution in [3.63, 3.8) is 0 Å². The van der Waals surface area contributed by atoms with Gasteiger partial charge in [-0.15, -0.1) is 0 Å². The van der Waals surface area contributed by atoms with E-state index in [9.17, 15) is 9.59 Å². The molecule has 0 spiro atoms. The van der Waals surface area contributed by atoms with Crippen LogP contribution in [0.1, 0.15) is 35.3 Å². The first-order chi connectivity index (χ1) is 9.85. The lowest BCUT2D eigenvalue weighted by atomic mass is 9.91. The molecule has 0 aromatic heterocycles. The number of Topliss-reactive ketones (excluding diaryl/α,β-unsaturated/α-hetero) is 1. The van der Waals surface area contributed by atoms with E-state index in [-0.39, 0.29) is 11.7 Å². The van der Waals surface area contributed by atoms with Crippen LogP contribution >= 0.6 is 0 Å². The van der Waals surface area contributed by atoms with E-state index in [1.165, 1.54) is 7.11 Å². The molecule has 21 heavy (non-hydrogen) atoms. The number of ether oxygens (including phenoxy) is 2. The Bertz CT molecular complexity index is 613. The molecule has 1 aromatic carbocycles. The van der Waals surface area contributed by atoms with E-state index in [2.05, 4.69) is 6.58 Å². The summed E-state index contributed by atoms with van der Waals surface area (Å²) in [5.41, 5.74) is 2.89. The monoisotopic (exact) mass is 288 g/mol. The third-order valence-corrected chi connectivity index (χ3v) is 3.78. The first kappa shape index (κ1) is 15.3. The van der Waals surface area contributed by atoms with Gasteiger partial charge in [0.15, 0.2) is 11.9 Å². The molecule has 1 atom stereocenters. The smallest absolute Gasteiger partial charge is 0.347 e. The fourth-order valence-electron chi connectivity index (χ4n) is 2.33. The van der Waals surface area contributed by atoms with Crippen LogP contribution in [-0.2, 0) is 16.0 Å². The number of rotatable bonds is 4. The van der Waals surface area contributed by atoms with Crippen molar-refractivity contribution < 1.29 is 19.1 Å². The summed E-state index contributed by atoms with van der Waals surface area (Å²) in [5, 5.41) is 0. The van der Waals surface area contributed by atoms with Gasteiger partial charge in [0.25, 0.3) is 0 Å². The fourth-order valence-corrected chi connectivity index (χ4v) is 2.33. The maximum atomic E-state index is 12.4. The number of fused-ring (bicyclic) bond motifs is 1. The van der Waals surface area contributed by atoms with E-state index < -0.39 is 12.1 Å². The third kappa shape index (κ3) is 2.84. The van der Waals surface area contributed by atoms with Crippen LogP contribution < -0.4 is 4.74 Å². The first-order valence-electron chi connectivity index (χ1n) is 6.96. The molecule has 112 valence electrons. The van der Waals surface area contributed by atoms with E-state index in [1.54, 1.807) is 6.07 Å². The molecule has 0 saturated heterocycles. The molecule has 4 heteroatoms. The average Bonchev–Trinajstić information content (AvgIpc) is 2.86. The van der Waals surface area contributed by atoms with Crippen LogP contribution in [0.3, 0.4) is 0 Å². The largest absolute Gasteiger partial charge is 0.478 e. The number of allylic oxidation sites excluding steroid dienone is 1. The van der Waals surface area contributed by atoms with Gasteiger partial charge >= 0.3 is 5.97 Å². The molecule has 4 nitrogen and oxygen atoms in total. The van der Waals surface area contributed by atoms with Gasteiger partial charge in [0.1, 0.15) is 5.75 Å². The zero-order valence-corrected chi connectivity index (χ0v) is 12.9. The number of hydrogen-bond acceptors (Lipinski definition) is 4. The highest BCUT2D eigenvalue weighted by Gasteiger charge is 2.31. The SMILES string of the molecule is C=C(C(=O)c1cc2c(cc1C)OC(C(=O)OC)C2)C(C)C. The predicted octanol–water partition coefficient (Wildman–Crippen LogP) is 2.87. The Labute approximate surface area is 124 Å². The van der Waals surface area contributed by atoms with Crippen molar-refractivity contribution in [3.8, 4) is 5.75 Å². The van der Waals surface area contributed by atoms with Gasteiger partial charge in [-0.3, -0.25) is 4.79 Å². The molecule has 0 bridgehead atoms. The number of benzene rings is 1. The van der Waals surface area contributed by atoms with Gasteiger partial charge in [-0.05, 0) is 41.7 Å². The molecule has 0 radical (unpaired) electrons. The molecule has 0 N–H and O–H groups in total. The third-order valence-electron chi connectivity index (χ3n) is 3.78. The van der Waals surface area contributed by atoms with E-state index in [1.807, 2.05) is 26.8 Å². The number of methoxy groups -OCH3 is 1. The van der Waals surface area contributed by atoms with Crippen LogP contribution in [0.5, 0.6) is 5.75 Å². The highest BCUT2D eigenvalue weighted by atomic mass is 16.6. The Morgan fingerprint density at radius 2 is 2.05 bits per heavy atom. The van der Waals surface area contributed by atoms with Gasteiger partial charge in [-0.2, -0.15) is 0 Å². The van der Waals surface area contributed by atoms with Crippen molar-refractivity contribution in [2.75, 3.05) is 7.11 Å². The maximum absolute atomic E-state index is 12.4. The molecule has 1 unspecified atom stereocenters. The molecule has 0 amide bonds. The Morgan fingerprint density at radius 3 is 2.62 bits per heavy atom. The second kappa shape index (κ2) is 5.72. The van der Waals surface area contributed by atoms with Crippen molar-refractivity contribution in [2.24, 2.45) is 5.92 Å². The second-order valence-electron chi connectivity index (χ2n) is 5.62. The van der Waals surface area contributed by atoms with Gasteiger partial charge in [-0.1, -0.05) is 20.4 Å². The Hall–Kier alpha value is -2.10. The van der Waals surface area contributed by atoms with E-state index in [0.717, 1.165) is 11.1 Å². The van der Waals surface area contributed by atoms with E-state index in [4.69, 9.17) is 9.47 Å². The summed E-state index contributed by atoms with van der Waals surface area (Å²) in [6, 6.07) is 3.61. The van der Waals surface area contributed by atoms with Gasteiger partial charge in [0.2, 0.25) is 0 Å². The Balaban J connectivity index is 2.32. The van der Waals surface area contributed by atoms with Gasteiger partial charge in [0, 0.05) is 12.0 Å². The minimum absolute atomic E-state index is 0.0492. The lowest BCUT2D eigenvalue weighted by Crippen LogP contribution is -2.26. The summed E-state index contributed by atoms with van der Waals surface area (Å²) in [6.07, 6.45) is -0.195. The lowest BCUT2D eigenvalue weighted by molar-refractivity contribution is -0.147. The summed E-state index contributed by atoms with van der Waals surface area (Å²) < 4.78 is 10.3. The molecule has 1 aliphatic rings. The van der Waals surface area contributed by atoms with Crippen LogP contribution in [0.2, 0.25) is 0 Å². The molecule has 1 heterocycles. The molecule has 1 aliphatic heterocycles. The number of carbonyl (C=O) groups is 2. The zero-order valence-electron chi connectivity index (χ0n) is 12.9. The number of hydrogen-bond donors (Lipinski definition) is 0. The zero-order chi connectivity index (χ0) is 15.7. The van der Waals surface area contributed by atoms with Crippen LogP contribution in [0.25, 0.3) is 0 Å². The minimum Gasteiger partial charge on any atom is -0.478 e. The molecule has 0 saturated carbocycles. The molecular weight excluding hydrogens is 268 g/mol. The fraction of sp³-hybridized carbons (Fsp3) is 0.412. The molecule has 0 aliphatic carbocycles. The van der Waals surface area contributed by atoms with Crippen molar-refractivity contribution >= 4 is 11.8 Å². The van der Waals surface area contributed by atoms with Crippen molar-refractivity contribution in [1.29, 1.82) is 0 Å². The summed E-state index contributed by atoms with van der Waals surface area (Å²) in [5.74, 6) is 0.300. The van der Waals surface area contributed by atoms with Crippen molar-refractivity contribution in [1.82, 2.24) is 0 Å². The predicted molar refractivity (Wildman–Crippen MR) is 79.6 cm³/mol. The Morgan fingerprint density at radius 1 is 1.38 bits per heavy atom. The quantitative estimate of drug-likeness (QED) is 0.485. The summed E-state index contributed by atoms with van der Waals surface area (Å²) in [7, 11) is 1.33. The molecule has 0 fully saturated rings. The summed E-state index contributed by atoms with van der Waals surface area (Å²) in [6.45, 7) is 9.61. The summed E-state index contributed by atoms with van der Waals surface area (Å²) in [4.78, 5) is 24.0. The molecular formula is C17H20O4. The van der Waals surface area contributed by atoms with Crippen LogP contribution in [0, 0.1) is 12.8 Å². The van der Waals surface area contributed by atoms with Crippen LogP contribution in [0.4, 0.5) is 0 Å². The van der Waals surface area contributed by atoms with Gasteiger partial charge in [-0.25, -0.2) is 4.79 Å². The Kier molecular flexibility index (Phi) is 4.16. The number of esters is 1. The normalized spacial score (nSPS) is 16.3. The highest BCUT2D eigenvalue weighted by molar-refractivity contribution is 6.09. The topological polar surface area (TPSA) is 52.6 Å². The number of aryl methyl sites for hydroxylation is 1. The van der Waals surface area contributed by atoms with Crippen LogP contribution in [0.15, 0.2) is 24.3 Å². The molecule has 2 rings (SSSR count). The maximum Gasteiger partial charge on any atom is 0.347 e. The standard InChI is InChI=1S/C17H20O4/c1-9(2)11(4)16(18)13-7-12-8-15(17(19)20-5)21-14(12)6-10(13)3/h6-7,9,15H,4,8H2,1-3,5H3.